The van der Waals surface area contributed by atoms with E-state index in [9.17, 15) is 0 Å². The van der Waals surface area contributed by atoms with E-state index in [-0.39, 0.29) is 6.79 Å². The van der Waals surface area contributed by atoms with Crippen LogP contribution in [0.5, 0.6) is 11.5 Å². The van der Waals surface area contributed by atoms with Gasteiger partial charge in [-0.1, -0.05) is 36.4 Å². The van der Waals surface area contributed by atoms with E-state index in [1.807, 2.05) is 72.8 Å². The molecule has 2 heterocycles. The van der Waals surface area contributed by atoms with Gasteiger partial charge in [-0.25, -0.2) is 4.98 Å². The highest BCUT2D eigenvalue weighted by Crippen LogP contribution is 2.32. The molecule has 28 heavy (non-hydrogen) atoms. The first-order valence-corrected chi connectivity index (χ1v) is 9.06. The van der Waals surface area contributed by atoms with Gasteiger partial charge in [-0.15, -0.1) is 0 Å². The molecule has 4 aromatic rings. The molecule has 0 atom stereocenters. The molecule has 5 rings (SSSR count). The molecule has 6 heteroatoms. The molecule has 3 aromatic carbocycles. The first-order valence-electron chi connectivity index (χ1n) is 9.06. The number of rotatable bonds is 5. The van der Waals surface area contributed by atoms with Crippen molar-refractivity contribution in [1.82, 2.24) is 9.97 Å². The molecule has 0 fully saturated rings. The van der Waals surface area contributed by atoms with Crippen LogP contribution in [0, 0.1) is 0 Å². The van der Waals surface area contributed by atoms with Gasteiger partial charge in [0.15, 0.2) is 11.5 Å². The van der Waals surface area contributed by atoms with Gasteiger partial charge < -0.3 is 20.1 Å². The van der Waals surface area contributed by atoms with Crippen molar-refractivity contribution < 1.29 is 9.47 Å². The summed E-state index contributed by atoms with van der Waals surface area (Å²) in [7, 11) is 0. The second-order valence-electron chi connectivity index (χ2n) is 6.45. The summed E-state index contributed by atoms with van der Waals surface area (Å²) in [5, 5.41) is 7.68. The lowest BCUT2D eigenvalue weighted by molar-refractivity contribution is 0.174. The van der Waals surface area contributed by atoms with Crippen LogP contribution in [0.3, 0.4) is 0 Å². The average molecular weight is 370 g/mol. The maximum absolute atomic E-state index is 5.44. The molecule has 138 valence electrons. The van der Waals surface area contributed by atoms with Gasteiger partial charge in [-0.3, -0.25) is 0 Å². The Hall–Kier alpha value is -3.80. The monoisotopic (exact) mass is 370 g/mol. The molecule has 0 saturated carbocycles. The first-order chi connectivity index (χ1) is 13.8. The summed E-state index contributed by atoms with van der Waals surface area (Å²) in [6.07, 6.45) is 0. The van der Waals surface area contributed by atoms with Crippen LogP contribution in [0.15, 0.2) is 72.8 Å². The van der Waals surface area contributed by atoms with Crippen LogP contribution >= 0.6 is 0 Å². The summed E-state index contributed by atoms with van der Waals surface area (Å²) >= 11 is 0. The van der Waals surface area contributed by atoms with E-state index in [1.54, 1.807) is 0 Å². The van der Waals surface area contributed by atoms with Crippen molar-refractivity contribution in [2.24, 2.45) is 0 Å². The molecule has 2 N–H and O–H groups in total. The lowest BCUT2D eigenvalue weighted by Gasteiger charge is -2.12. The van der Waals surface area contributed by atoms with Gasteiger partial charge in [0.2, 0.25) is 12.7 Å². The van der Waals surface area contributed by atoms with Crippen molar-refractivity contribution in [2.75, 3.05) is 17.4 Å². The number of para-hydroxylation sites is 2. The van der Waals surface area contributed by atoms with Gasteiger partial charge in [0.25, 0.3) is 0 Å². The zero-order valence-corrected chi connectivity index (χ0v) is 15.1. The van der Waals surface area contributed by atoms with Crippen LogP contribution in [0.2, 0.25) is 0 Å². The van der Waals surface area contributed by atoms with Crippen LogP contribution in [0.4, 0.5) is 17.5 Å². The Labute approximate surface area is 162 Å². The summed E-state index contributed by atoms with van der Waals surface area (Å²) in [6.45, 7) is 0.855. The number of anilines is 3. The molecule has 0 aliphatic carbocycles. The normalized spacial score (nSPS) is 12.1. The molecular formula is C22H18N4O2. The molecule has 1 aliphatic rings. The molecule has 0 spiro atoms. The summed E-state index contributed by atoms with van der Waals surface area (Å²) in [4.78, 5) is 9.34. The Morgan fingerprint density at radius 2 is 1.64 bits per heavy atom. The third kappa shape index (κ3) is 3.27. The molecular weight excluding hydrogens is 352 g/mol. The Kier molecular flexibility index (Phi) is 4.14. The van der Waals surface area contributed by atoms with Gasteiger partial charge in [0, 0.05) is 17.6 Å². The van der Waals surface area contributed by atoms with Crippen LogP contribution in [0.25, 0.3) is 10.9 Å². The van der Waals surface area contributed by atoms with Crippen molar-refractivity contribution in [3.8, 4) is 11.5 Å². The number of hydrogen-bond acceptors (Lipinski definition) is 6. The average Bonchev–Trinajstić information content (AvgIpc) is 3.21. The van der Waals surface area contributed by atoms with Crippen molar-refractivity contribution in [3.05, 3.63) is 78.4 Å². The van der Waals surface area contributed by atoms with Crippen molar-refractivity contribution in [2.45, 2.75) is 6.54 Å². The Bertz CT molecular complexity index is 1130. The number of nitrogens with one attached hydrogen (secondary N) is 2. The molecule has 0 saturated heterocycles. The third-order valence-electron chi connectivity index (χ3n) is 4.53. The van der Waals surface area contributed by atoms with Crippen molar-refractivity contribution in [3.63, 3.8) is 0 Å². The summed E-state index contributed by atoms with van der Waals surface area (Å²) in [5.74, 6) is 2.88. The quantitative estimate of drug-likeness (QED) is 0.530. The van der Waals surface area contributed by atoms with Crippen LogP contribution in [0.1, 0.15) is 5.56 Å². The van der Waals surface area contributed by atoms with Gasteiger partial charge in [0.05, 0.1) is 5.52 Å². The fourth-order valence-electron chi connectivity index (χ4n) is 3.14. The van der Waals surface area contributed by atoms with E-state index in [1.165, 1.54) is 0 Å². The zero-order chi connectivity index (χ0) is 18.8. The minimum absolute atomic E-state index is 0.272. The maximum Gasteiger partial charge on any atom is 0.231 e. The lowest BCUT2D eigenvalue weighted by Crippen LogP contribution is -2.06. The van der Waals surface area contributed by atoms with Crippen molar-refractivity contribution in [1.29, 1.82) is 0 Å². The van der Waals surface area contributed by atoms with Crippen molar-refractivity contribution >= 4 is 28.4 Å². The topological polar surface area (TPSA) is 68.3 Å². The highest BCUT2D eigenvalue weighted by Gasteiger charge is 2.13. The highest BCUT2D eigenvalue weighted by molar-refractivity contribution is 5.91. The first kappa shape index (κ1) is 16.4. The minimum Gasteiger partial charge on any atom is -0.454 e. The Morgan fingerprint density at radius 3 is 2.57 bits per heavy atom. The summed E-state index contributed by atoms with van der Waals surface area (Å²) < 4.78 is 10.8. The molecule has 0 unspecified atom stereocenters. The number of hydrogen-bond donors (Lipinski definition) is 2. The van der Waals surface area contributed by atoms with Gasteiger partial charge in [-0.05, 0) is 42.0 Å². The van der Waals surface area contributed by atoms with Crippen LogP contribution in [-0.4, -0.2) is 16.8 Å². The summed E-state index contributed by atoms with van der Waals surface area (Å²) in [5.41, 5.74) is 2.93. The Morgan fingerprint density at radius 1 is 0.821 bits per heavy atom. The molecule has 6 nitrogen and oxygen atoms in total. The molecule has 1 aromatic heterocycles. The number of benzene rings is 3. The highest BCUT2D eigenvalue weighted by atomic mass is 16.7. The fraction of sp³-hybridized carbons (Fsp3) is 0.0909. The van der Waals surface area contributed by atoms with Gasteiger partial charge in [0.1, 0.15) is 5.82 Å². The largest absolute Gasteiger partial charge is 0.454 e. The van der Waals surface area contributed by atoms with E-state index in [4.69, 9.17) is 14.5 Å². The van der Waals surface area contributed by atoms with E-state index < -0.39 is 0 Å². The molecule has 0 amide bonds. The predicted molar refractivity (Wildman–Crippen MR) is 109 cm³/mol. The predicted octanol–water partition coefficient (Wildman–Crippen LogP) is 4.71. The fourth-order valence-corrected chi connectivity index (χ4v) is 3.14. The standard InChI is InChI=1S/C22H18N4O2/c1-2-6-16(7-3-1)24-21-17-8-4-5-9-18(17)25-22(26-21)23-13-15-10-11-19-20(12-15)28-14-27-19/h1-12H,13-14H2,(H2,23,24,25,26). The second-order valence-corrected chi connectivity index (χ2v) is 6.45. The third-order valence-corrected chi connectivity index (χ3v) is 4.53. The number of nitrogens with zero attached hydrogens (tertiary/aromatic N) is 2. The van der Waals surface area contributed by atoms with Crippen LogP contribution < -0.4 is 20.1 Å². The van der Waals surface area contributed by atoms with E-state index in [0.717, 1.165) is 39.5 Å². The smallest absolute Gasteiger partial charge is 0.231 e. The number of ether oxygens (including phenoxy) is 2. The molecule has 1 aliphatic heterocycles. The maximum atomic E-state index is 5.44. The molecule has 0 radical (unpaired) electrons. The second kappa shape index (κ2) is 7.08. The Balaban J connectivity index is 1.43. The SMILES string of the molecule is c1ccc(Nc2nc(NCc3ccc4c(c3)OCO4)nc3ccccc23)cc1. The molecule has 0 bridgehead atoms. The number of fused-ring (bicyclic) bond motifs is 2. The lowest BCUT2D eigenvalue weighted by atomic mass is 10.2. The number of aromatic nitrogens is 2. The van der Waals surface area contributed by atoms with E-state index >= 15 is 0 Å². The zero-order valence-electron chi connectivity index (χ0n) is 15.1. The summed E-state index contributed by atoms with van der Waals surface area (Å²) in [6, 6.07) is 23.9. The van der Waals surface area contributed by atoms with E-state index in [0.29, 0.717) is 12.5 Å². The minimum atomic E-state index is 0.272. The van der Waals surface area contributed by atoms with Crippen LogP contribution in [-0.2, 0) is 6.54 Å². The van der Waals surface area contributed by atoms with Gasteiger partial charge in [-0.2, -0.15) is 4.98 Å². The van der Waals surface area contributed by atoms with Gasteiger partial charge >= 0.3 is 0 Å². The van der Waals surface area contributed by atoms with E-state index in [2.05, 4.69) is 15.6 Å².